The van der Waals surface area contributed by atoms with Gasteiger partial charge in [-0.2, -0.15) is 0 Å². The number of fused-ring (bicyclic) bond motifs is 1. The fourth-order valence-electron chi connectivity index (χ4n) is 5.46. The molecular formula is C24H30O3Si. The van der Waals surface area contributed by atoms with Gasteiger partial charge in [0, 0.05) is 6.61 Å². The van der Waals surface area contributed by atoms with Crippen LogP contribution >= 0.6 is 0 Å². The van der Waals surface area contributed by atoms with Crippen LogP contribution < -0.4 is 10.4 Å². The fraction of sp³-hybridized carbons (Fsp3) is 0.458. The number of hydrogen-bond donors (Lipinski definition) is 1. The highest BCUT2D eigenvalue weighted by atomic mass is 28.4. The Kier molecular flexibility index (Phi) is 4.96. The molecular weight excluding hydrogens is 364 g/mol. The van der Waals surface area contributed by atoms with Gasteiger partial charge in [-0.1, -0.05) is 81.4 Å². The Morgan fingerprint density at radius 3 is 1.82 bits per heavy atom. The minimum Gasteiger partial charge on any atom is -0.481 e. The van der Waals surface area contributed by atoms with Crippen LogP contribution in [0.4, 0.5) is 0 Å². The van der Waals surface area contributed by atoms with Crippen molar-refractivity contribution in [2.45, 2.75) is 38.7 Å². The zero-order chi connectivity index (χ0) is 19.9. The molecule has 1 N–H and O–H groups in total. The average molecular weight is 395 g/mol. The maximum atomic E-state index is 11.3. The van der Waals surface area contributed by atoms with E-state index in [4.69, 9.17) is 4.43 Å². The second-order valence-electron chi connectivity index (χ2n) is 9.50. The summed E-state index contributed by atoms with van der Waals surface area (Å²) in [6.45, 7) is 7.62. The Morgan fingerprint density at radius 2 is 1.43 bits per heavy atom. The largest absolute Gasteiger partial charge is 0.481 e. The molecule has 0 saturated heterocycles. The van der Waals surface area contributed by atoms with Gasteiger partial charge in [-0.3, -0.25) is 4.79 Å². The van der Waals surface area contributed by atoms with E-state index in [-0.39, 0.29) is 11.0 Å². The van der Waals surface area contributed by atoms with E-state index in [2.05, 4.69) is 81.4 Å². The Balaban J connectivity index is 1.62. The molecule has 2 saturated carbocycles. The van der Waals surface area contributed by atoms with Crippen LogP contribution in [-0.4, -0.2) is 26.0 Å². The zero-order valence-corrected chi connectivity index (χ0v) is 18.0. The summed E-state index contributed by atoms with van der Waals surface area (Å²) in [4.78, 5) is 11.3. The number of aliphatic carboxylic acids is 1. The van der Waals surface area contributed by atoms with E-state index in [0.29, 0.717) is 17.8 Å². The van der Waals surface area contributed by atoms with Gasteiger partial charge in [0.2, 0.25) is 0 Å². The van der Waals surface area contributed by atoms with Crippen molar-refractivity contribution in [2.24, 2.45) is 23.7 Å². The summed E-state index contributed by atoms with van der Waals surface area (Å²) in [5, 5.41) is 11.9. The summed E-state index contributed by atoms with van der Waals surface area (Å²) in [5.74, 6) is 0.535. The molecule has 2 atom stereocenters. The van der Waals surface area contributed by atoms with Crippen LogP contribution in [0.1, 0.15) is 33.6 Å². The average Bonchev–Trinajstić information content (AvgIpc) is 3.19. The van der Waals surface area contributed by atoms with Gasteiger partial charge in [0.1, 0.15) is 0 Å². The van der Waals surface area contributed by atoms with E-state index in [9.17, 15) is 9.90 Å². The molecule has 2 aromatic rings. The Bertz CT molecular complexity index is 776. The van der Waals surface area contributed by atoms with Crippen LogP contribution in [-0.2, 0) is 9.22 Å². The molecule has 2 unspecified atom stereocenters. The van der Waals surface area contributed by atoms with Crippen LogP contribution in [0, 0.1) is 23.7 Å². The lowest BCUT2D eigenvalue weighted by atomic mass is 10.0. The van der Waals surface area contributed by atoms with Gasteiger partial charge in [-0.15, -0.1) is 0 Å². The SMILES string of the molecule is CC(C)(C)[Si](OCC1CC2C(C1)C2C(=O)O)(c1ccccc1)c1ccccc1. The molecule has 3 nitrogen and oxygen atoms in total. The minimum absolute atomic E-state index is 0.0131. The molecule has 0 aromatic heterocycles. The van der Waals surface area contributed by atoms with Gasteiger partial charge in [-0.05, 0) is 46.0 Å². The van der Waals surface area contributed by atoms with Gasteiger partial charge in [-0.25, -0.2) is 0 Å². The van der Waals surface area contributed by atoms with Gasteiger partial charge < -0.3 is 9.53 Å². The lowest BCUT2D eigenvalue weighted by molar-refractivity contribution is -0.139. The number of carbonyl (C=O) groups is 1. The van der Waals surface area contributed by atoms with E-state index in [1.54, 1.807) is 0 Å². The Labute approximate surface area is 168 Å². The molecule has 2 aliphatic rings. The Morgan fingerprint density at radius 1 is 0.964 bits per heavy atom. The third kappa shape index (κ3) is 3.23. The summed E-state index contributed by atoms with van der Waals surface area (Å²) in [6.07, 6.45) is 2.00. The van der Waals surface area contributed by atoms with Crippen molar-refractivity contribution in [3.8, 4) is 0 Å². The maximum absolute atomic E-state index is 11.3. The van der Waals surface area contributed by atoms with E-state index in [1.165, 1.54) is 10.4 Å². The van der Waals surface area contributed by atoms with Crippen molar-refractivity contribution in [3.63, 3.8) is 0 Å². The molecule has 148 valence electrons. The number of carboxylic acid groups (broad SMARTS) is 1. The highest BCUT2D eigenvalue weighted by Crippen LogP contribution is 2.59. The molecule has 0 radical (unpaired) electrons. The lowest BCUT2D eigenvalue weighted by Crippen LogP contribution is -2.66. The molecule has 4 rings (SSSR count). The van der Waals surface area contributed by atoms with E-state index >= 15 is 0 Å². The van der Waals surface area contributed by atoms with E-state index < -0.39 is 14.3 Å². The topological polar surface area (TPSA) is 46.5 Å². The standard InChI is InChI=1S/C24H30O3Si/c1-24(2,3)28(18-10-6-4-7-11-18,19-12-8-5-9-13-19)27-16-17-14-20-21(15-17)22(20)23(25)26/h4-13,17,20-22H,14-16H2,1-3H3,(H,25,26). The quantitative estimate of drug-likeness (QED) is 0.756. The predicted octanol–water partition coefficient (Wildman–Crippen LogP) is 3.92. The Hall–Kier alpha value is -1.91. The molecule has 28 heavy (non-hydrogen) atoms. The molecule has 2 fully saturated rings. The van der Waals surface area contributed by atoms with Crippen molar-refractivity contribution in [2.75, 3.05) is 6.61 Å². The molecule has 0 heterocycles. The van der Waals surface area contributed by atoms with Crippen molar-refractivity contribution in [1.29, 1.82) is 0 Å². The molecule has 0 aliphatic heterocycles. The lowest BCUT2D eigenvalue weighted by Gasteiger charge is -2.43. The first-order valence-electron chi connectivity index (χ1n) is 10.3. The summed E-state index contributed by atoms with van der Waals surface area (Å²) >= 11 is 0. The minimum atomic E-state index is -2.48. The monoisotopic (exact) mass is 394 g/mol. The summed E-state index contributed by atoms with van der Waals surface area (Å²) in [7, 11) is -2.48. The zero-order valence-electron chi connectivity index (χ0n) is 17.0. The number of carboxylic acids is 1. The van der Waals surface area contributed by atoms with Gasteiger partial charge in [0.05, 0.1) is 5.92 Å². The number of hydrogen-bond acceptors (Lipinski definition) is 2. The molecule has 0 bridgehead atoms. The summed E-state index contributed by atoms with van der Waals surface area (Å²) in [6, 6.07) is 21.4. The van der Waals surface area contributed by atoms with Crippen LogP contribution in [0.3, 0.4) is 0 Å². The number of benzene rings is 2. The van der Waals surface area contributed by atoms with Crippen LogP contribution in [0.15, 0.2) is 60.7 Å². The first-order valence-corrected chi connectivity index (χ1v) is 12.2. The van der Waals surface area contributed by atoms with Crippen LogP contribution in [0.2, 0.25) is 5.04 Å². The smallest absolute Gasteiger partial charge is 0.307 e. The van der Waals surface area contributed by atoms with E-state index in [0.717, 1.165) is 19.4 Å². The first kappa shape index (κ1) is 19.4. The van der Waals surface area contributed by atoms with Gasteiger partial charge in [0.15, 0.2) is 0 Å². The molecule has 0 spiro atoms. The van der Waals surface area contributed by atoms with Gasteiger partial charge in [0.25, 0.3) is 8.32 Å². The van der Waals surface area contributed by atoms with E-state index in [1.807, 2.05) is 0 Å². The number of rotatable bonds is 6. The van der Waals surface area contributed by atoms with Crippen LogP contribution in [0.25, 0.3) is 0 Å². The van der Waals surface area contributed by atoms with Crippen molar-refractivity contribution < 1.29 is 14.3 Å². The maximum Gasteiger partial charge on any atom is 0.307 e. The van der Waals surface area contributed by atoms with Crippen molar-refractivity contribution in [3.05, 3.63) is 60.7 Å². The third-order valence-electron chi connectivity index (χ3n) is 6.78. The highest BCUT2D eigenvalue weighted by molar-refractivity contribution is 6.99. The second-order valence-corrected chi connectivity index (χ2v) is 13.8. The van der Waals surface area contributed by atoms with Crippen molar-refractivity contribution >= 4 is 24.7 Å². The molecule has 0 amide bonds. The second kappa shape index (κ2) is 7.16. The van der Waals surface area contributed by atoms with Crippen LogP contribution in [0.5, 0.6) is 0 Å². The summed E-state index contributed by atoms with van der Waals surface area (Å²) in [5.41, 5.74) is 0. The molecule has 2 aliphatic carbocycles. The predicted molar refractivity (Wildman–Crippen MR) is 114 cm³/mol. The van der Waals surface area contributed by atoms with Crippen molar-refractivity contribution in [1.82, 2.24) is 0 Å². The fourth-order valence-corrected chi connectivity index (χ4v) is 10.1. The summed E-state index contributed by atoms with van der Waals surface area (Å²) < 4.78 is 7.01. The third-order valence-corrected chi connectivity index (χ3v) is 11.8. The molecule has 4 heteroatoms. The molecule has 2 aromatic carbocycles. The normalized spacial score (nSPS) is 26.7. The highest BCUT2D eigenvalue weighted by Gasteiger charge is 2.60. The van der Waals surface area contributed by atoms with Gasteiger partial charge >= 0.3 is 5.97 Å². The first-order chi connectivity index (χ1) is 13.3.